The number of thioether (sulfide) groups is 1. The average molecular weight is 465 g/mol. The Hall–Kier alpha value is -2.66. The average Bonchev–Trinajstić information content (AvgIpc) is 2.78. The van der Waals surface area contributed by atoms with Gasteiger partial charge in [-0.15, -0.1) is 0 Å². The maximum atomic E-state index is 12.4. The molecule has 11 heteroatoms. The molecule has 1 atom stereocenters. The Morgan fingerprint density at radius 1 is 1.22 bits per heavy atom. The summed E-state index contributed by atoms with van der Waals surface area (Å²) in [6, 6.07) is 1.23. The molecule has 0 aliphatic carbocycles. The highest BCUT2D eigenvalue weighted by Crippen LogP contribution is 2.13. The van der Waals surface area contributed by atoms with Gasteiger partial charge in [0, 0.05) is 52.3 Å². The van der Waals surface area contributed by atoms with Crippen molar-refractivity contribution in [3.05, 3.63) is 24.0 Å². The lowest BCUT2D eigenvalue weighted by Gasteiger charge is -2.23. The largest absolute Gasteiger partial charge is 0.368 e. The number of carbonyl (C=O) groups is 2. The molecule has 0 bridgehead atoms. The van der Waals surface area contributed by atoms with Crippen LogP contribution >= 0.6 is 11.8 Å². The van der Waals surface area contributed by atoms with E-state index >= 15 is 0 Å². The molecule has 32 heavy (non-hydrogen) atoms. The second-order valence-electron chi connectivity index (χ2n) is 7.27. The molecule has 0 radical (unpaired) electrons. The molecule has 0 spiro atoms. The normalized spacial score (nSPS) is 12.7. The molecule has 1 heterocycles. The van der Waals surface area contributed by atoms with Gasteiger partial charge in [-0.25, -0.2) is 9.97 Å². The van der Waals surface area contributed by atoms with Gasteiger partial charge in [0.15, 0.2) is 5.17 Å². The fraction of sp³-hybridized carbons (Fsp3) is 0.571. The van der Waals surface area contributed by atoms with Crippen molar-refractivity contribution in [3.63, 3.8) is 0 Å². The van der Waals surface area contributed by atoms with E-state index in [0.717, 1.165) is 5.17 Å². The Morgan fingerprint density at radius 3 is 2.50 bits per heavy atom. The Balaban J connectivity index is 2.57. The number of nitrogens with zero attached hydrogens (tertiary/aromatic N) is 5. The molecular formula is C21H36N8O2S. The van der Waals surface area contributed by atoms with Crippen LogP contribution < -0.4 is 16.0 Å². The van der Waals surface area contributed by atoms with Crippen LogP contribution in [0.2, 0.25) is 0 Å². The van der Waals surface area contributed by atoms with E-state index in [4.69, 9.17) is 0 Å². The Labute approximate surface area is 195 Å². The number of anilines is 2. The third kappa shape index (κ3) is 9.65. The van der Waals surface area contributed by atoms with Gasteiger partial charge < -0.3 is 25.8 Å². The van der Waals surface area contributed by atoms with E-state index in [1.54, 1.807) is 33.2 Å². The van der Waals surface area contributed by atoms with Gasteiger partial charge in [0.05, 0.1) is 0 Å². The Bertz CT molecular complexity index is 813. The minimum atomic E-state index is -0.577. The number of hydrogen-bond donors (Lipinski definition) is 3. The van der Waals surface area contributed by atoms with Crippen LogP contribution in [0.3, 0.4) is 0 Å². The molecule has 1 rings (SSSR count). The van der Waals surface area contributed by atoms with Crippen molar-refractivity contribution in [1.82, 2.24) is 25.1 Å². The summed E-state index contributed by atoms with van der Waals surface area (Å²) < 4.78 is 0. The molecule has 0 unspecified atom stereocenters. The van der Waals surface area contributed by atoms with Crippen molar-refractivity contribution in [2.24, 2.45) is 4.99 Å². The van der Waals surface area contributed by atoms with Gasteiger partial charge in [-0.05, 0) is 27.3 Å². The predicted molar refractivity (Wildman–Crippen MR) is 133 cm³/mol. The van der Waals surface area contributed by atoms with Crippen LogP contribution in [0.25, 0.3) is 0 Å². The number of hydrogen-bond acceptors (Lipinski definition) is 8. The third-order valence-corrected chi connectivity index (χ3v) is 5.16. The number of amides is 2. The number of rotatable bonds is 11. The fourth-order valence-electron chi connectivity index (χ4n) is 2.49. The molecule has 0 fully saturated rings. The highest BCUT2D eigenvalue weighted by molar-refractivity contribution is 8.13. The van der Waals surface area contributed by atoms with E-state index in [9.17, 15) is 9.59 Å². The quantitative estimate of drug-likeness (QED) is 0.194. The fourth-order valence-corrected chi connectivity index (χ4v) is 2.88. The summed E-state index contributed by atoms with van der Waals surface area (Å²) >= 11 is 1.50. The van der Waals surface area contributed by atoms with Crippen molar-refractivity contribution >= 4 is 40.4 Å². The van der Waals surface area contributed by atoms with Crippen molar-refractivity contribution in [1.29, 1.82) is 0 Å². The monoisotopic (exact) mass is 464 g/mol. The topological polar surface area (TPSA) is 115 Å². The van der Waals surface area contributed by atoms with Crippen molar-refractivity contribution in [3.8, 4) is 0 Å². The summed E-state index contributed by atoms with van der Waals surface area (Å²) in [6.45, 7) is 5.23. The third-order valence-electron chi connectivity index (χ3n) is 4.49. The van der Waals surface area contributed by atoms with E-state index in [-0.39, 0.29) is 11.8 Å². The smallest absolute Gasteiger partial charge is 0.246 e. The first-order valence-electron chi connectivity index (χ1n) is 10.5. The van der Waals surface area contributed by atoms with E-state index in [2.05, 4.69) is 30.9 Å². The highest BCUT2D eigenvalue weighted by atomic mass is 32.2. The molecule has 1 aromatic heterocycles. The SMILES string of the molecule is CCc1nc(NCCNC(=O)[C@H](C)N(C)C(=O)/C=C/CN(C)C)cc(N/C(=N/C)SC)n1. The van der Waals surface area contributed by atoms with E-state index < -0.39 is 6.04 Å². The minimum Gasteiger partial charge on any atom is -0.368 e. The molecule has 3 N–H and O–H groups in total. The van der Waals surface area contributed by atoms with Crippen LogP contribution in [0.15, 0.2) is 23.2 Å². The lowest BCUT2D eigenvalue weighted by atomic mass is 10.2. The summed E-state index contributed by atoms with van der Waals surface area (Å²) in [5.74, 6) is 1.60. The molecule has 0 aromatic carbocycles. The molecule has 0 saturated carbocycles. The van der Waals surface area contributed by atoms with Gasteiger partial charge in [-0.3, -0.25) is 14.6 Å². The highest BCUT2D eigenvalue weighted by Gasteiger charge is 2.20. The second-order valence-corrected chi connectivity index (χ2v) is 8.07. The zero-order valence-corrected chi connectivity index (χ0v) is 20.9. The molecule has 2 amide bonds. The Morgan fingerprint density at radius 2 is 1.91 bits per heavy atom. The molecule has 0 aliphatic heterocycles. The number of aliphatic imine (C=N–C) groups is 1. The van der Waals surface area contributed by atoms with Gasteiger partial charge in [-0.1, -0.05) is 24.8 Å². The van der Waals surface area contributed by atoms with Crippen molar-refractivity contribution in [2.75, 3.05) is 64.7 Å². The Kier molecular flexibility index (Phi) is 12.3. The van der Waals surface area contributed by atoms with Crippen LogP contribution in [0.5, 0.6) is 0 Å². The number of carbonyl (C=O) groups excluding carboxylic acids is 2. The van der Waals surface area contributed by atoms with Crippen LogP contribution in [0, 0.1) is 0 Å². The zero-order valence-electron chi connectivity index (χ0n) is 20.1. The second kappa shape index (κ2) is 14.4. The lowest BCUT2D eigenvalue weighted by molar-refractivity contribution is -0.135. The van der Waals surface area contributed by atoms with E-state index in [0.29, 0.717) is 43.5 Å². The first kappa shape index (κ1) is 27.4. The summed E-state index contributed by atoms with van der Waals surface area (Å²) in [5, 5.41) is 9.98. The van der Waals surface area contributed by atoms with Gasteiger partial charge >= 0.3 is 0 Å². The number of aryl methyl sites for hydroxylation is 1. The maximum Gasteiger partial charge on any atom is 0.246 e. The molecule has 1 aromatic rings. The summed E-state index contributed by atoms with van der Waals surface area (Å²) in [4.78, 5) is 41.1. The molecule has 0 saturated heterocycles. The summed E-state index contributed by atoms with van der Waals surface area (Å²) in [5.41, 5.74) is 0. The zero-order chi connectivity index (χ0) is 24.1. The van der Waals surface area contributed by atoms with Gasteiger partial charge in [0.25, 0.3) is 0 Å². The number of likely N-dealkylation sites (N-methyl/N-ethyl adjacent to an activating group) is 2. The van der Waals surface area contributed by atoms with Crippen LogP contribution in [-0.2, 0) is 16.0 Å². The number of aromatic nitrogens is 2. The first-order valence-corrected chi connectivity index (χ1v) is 11.7. The summed E-state index contributed by atoms with van der Waals surface area (Å²) in [7, 11) is 7.18. The maximum absolute atomic E-state index is 12.4. The van der Waals surface area contributed by atoms with Crippen LogP contribution in [0.1, 0.15) is 19.7 Å². The molecular weight excluding hydrogens is 428 g/mol. The van der Waals surface area contributed by atoms with E-state index in [1.165, 1.54) is 22.7 Å². The predicted octanol–water partition coefficient (Wildman–Crippen LogP) is 1.29. The lowest BCUT2D eigenvalue weighted by Crippen LogP contribution is -2.46. The van der Waals surface area contributed by atoms with Gasteiger partial charge in [-0.2, -0.15) is 0 Å². The van der Waals surface area contributed by atoms with Gasteiger partial charge in [0.2, 0.25) is 11.8 Å². The van der Waals surface area contributed by atoms with E-state index in [1.807, 2.05) is 32.2 Å². The number of amidine groups is 1. The van der Waals surface area contributed by atoms with Crippen molar-refractivity contribution in [2.45, 2.75) is 26.3 Å². The number of nitrogens with one attached hydrogen (secondary N) is 3. The molecule has 178 valence electrons. The standard InChI is InChI=1S/C21H36N8O2S/c1-8-16-25-17(14-18(26-16)27-21(22-3)32-7)23-11-12-24-20(31)15(2)29(6)19(30)10-9-13-28(4)5/h9-10,14-15H,8,11-13H2,1-7H3,(H,24,31)(H2,22,23,25,26,27)/b10-9+/t15-/m0/s1. The summed E-state index contributed by atoms with van der Waals surface area (Å²) in [6.07, 6.45) is 5.89. The van der Waals surface area contributed by atoms with Crippen molar-refractivity contribution < 1.29 is 9.59 Å². The molecule has 0 aliphatic rings. The van der Waals surface area contributed by atoms with Gasteiger partial charge in [0.1, 0.15) is 23.5 Å². The minimum absolute atomic E-state index is 0.207. The first-order chi connectivity index (χ1) is 15.2. The van der Waals surface area contributed by atoms with Crippen LogP contribution in [-0.4, -0.2) is 96.9 Å². The molecule has 10 nitrogen and oxygen atoms in total. The van der Waals surface area contributed by atoms with Crippen LogP contribution in [0.4, 0.5) is 11.6 Å².